The number of ether oxygens (including phenoxy) is 1. The fourth-order valence-electron chi connectivity index (χ4n) is 4.42. The van der Waals surface area contributed by atoms with Crippen molar-refractivity contribution in [3.63, 3.8) is 0 Å². The van der Waals surface area contributed by atoms with E-state index < -0.39 is 7.25 Å². The Labute approximate surface area is 239 Å². The van der Waals surface area contributed by atoms with Gasteiger partial charge in [-0.15, -0.1) is 0 Å². The van der Waals surface area contributed by atoms with Crippen molar-refractivity contribution in [3.8, 4) is 0 Å². The van der Waals surface area contributed by atoms with Gasteiger partial charge in [0.05, 0.1) is 13.1 Å². The molecule has 2 aliphatic heterocycles. The number of hydrogen-bond donors (Lipinski definition) is 0. The molecule has 0 radical (unpaired) electrons. The summed E-state index contributed by atoms with van der Waals surface area (Å²) in [7, 11) is -6.00. The minimum atomic E-state index is -6.00. The first kappa shape index (κ1) is 30.4. The van der Waals surface area contributed by atoms with Crippen LogP contribution in [0.4, 0.5) is 26.0 Å². The molecule has 2 aromatic carbocycles. The lowest BCUT2D eigenvalue weighted by Gasteiger charge is -2.24. The van der Waals surface area contributed by atoms with Gasteiger partial charge in [-0.1, -0.05) is 18.2 Å². The zero-order chi connectivity index (χ0) is 30.3. The van der Waals surface area contributed by atoms with E-state index in [0.717, 1.165) is 54.2 Å². The van der Waals surface area contributed by atoms with E-state index >= 15 is 0 Å². The van der Waals surface area contributed by atoms with Crippen LogP contribution >= 0.6 is 0 Å². The fraction of sp³-hybridized carbons (Fsp3) is 0.161. The van der Waals surface area contributed by atoms with Crippen LogP contribution in [-0.4, -0.2) is 54.5 Å². The lowest BCUT2D eigenvalue weighted by Crippen LogP contribution is -2.45. The molecule has 218 valence electrons. The van der Waals surface area contributed by atoms with Gasteiger partial charge in [0.25, 0.3) is 0 Å². The van der Waals surface area contributed by atoms with Crippen LogP contribution in [0, 0.1) is 11.6 Å². The summed E-state index contributed by atoms with van der Waals surface area (Å²) in [5, 5.41) is 0. The van der Waals surface area contributed by atoms with Crippen LogP contribution < -0.4 is 0 Å². The van der Waals surface area contributed by atoms with Crippen molar-refractivity contribution in [2.24, 2.45) is 0 Å². The Bertz CT molecular complexity index is 1500. The second kappa shape index (κ2) is 13.4. The Morgan fingerprint density at radius 3 is 1.86 bits per heavy atom. The third-order valence-corrected chi connectivity index (χ3v) is 6.54. The first-order valence-corrected chi connectivity index (χ1v) is 13.1. The summed E-state index contributed by atoms with van der Waals surface area (Å²) in [5.74, 6) is 0.707. The molecule has 0 aromatic heterocycles. The third kappa shape index (κ3) is 8.99. The summed E-state index contributed by atoms with van der Waals surface area (Å²) in [5.41, 5.74) is 4.60. The maximum absolute atomic E-state index is 13.5. The molecule has 3 aliphatic rings. The maximum atomic E-state index is 13.5. The molecule has 0 bridgehead atoms. The van der Waals surface area contributed by atoms with E-state index in [-0.39, 0.29) is 17.5 Å². The second-order valence-corrected chi connectivity index (χ2v) is 9.54. The van der Waals surface area contributed by atoms with Crippen LogP contribution in [0.15, 0.2) is 108 Å². The largest absolute Gasteiger partial charge is 0.673 e. The lowest BCUT2D eigenvalue weighted by atomic mass is 10.00. The zero-order valence-electron chi connectivity index (χ0n) is 22.6. The average molecular weight is 584 g/mol. The third-order valence-electron chi connectivity index (χ3n) is 6.54. The molecular formula is C31H27BF6N2O2. The minimum absolute atomic E-state index is 0.122. The summed E-state index contributed by atoms with van der Waals surface area (Å²) in [6.45, 7) is 4.71. The lowest BCUT2D eigenvalue weighted by molar-refractivity contribution is -0.536. The Morgan fingerprint density at radius 1 is 0.810 bits per heavy atom. The zero-order valence-corrected chi connectivity index (χ0v) is 22.6. The summed E-state index contributed by atoms with van der Waals surface area (Å²) >= 11 is 0. The summed E-state index contributed by atoms with van der Waals surface area (Å²) < 4.78 is 74.4. The van der Waals surface area contributed by atoms with Gasteiger partial charge in [0.2, 0.25) is 5.91 Å². The molecular weight excluding hydrogens is 557 g/mol. The monoisotopic (exact) mass is 584 g/mol. The Hall–Kier alpha value is -4.54. The standard InChI is InChI=1S/C31H27F2N2O2.BF4/c1-22(36)34-16-18-35(19-17-34)29-13-2-23(3-14-29)4-15-30-20-26(24-5-9-27(32)10-6-24)21-31(37-30)25-7-11-28(33)12-8-25;2-1(3,4)5/h2-15,20-21H,16-19H2,1H3;/q+1;-1/b30-15+;. The van der Waals surface area contributed by atoms with E-state index in [2.05, 4.69) is 16.7 Å². The molecule has 1 amide bonds. The first-order valence-electron chi connectivity index (χ1n) is 13.1. The minimum Gasteiger partial charge on any atom is -0.457 e. The second-order valence-electron chi connectivity index (χ2n) is 9.54. The maximum Gasteiger partial charge on any atom is 0.673 e. The van der Waals surface area contributed by atoms with E-state index in [0.29, 0.717) is 11.5 Å². The first-order chi connectivity index (χ1) is 19.9. The highest BCUT2D eigenvalue weighted by atomic mass is 19.5. The predicted octanol–water partition coefficient (Wildman–Crippen LogP) is 6.97. The van der Waals surface area contributed by atoms with Gasteiger partial charge in [0, 0.05) is 24.6 Å². The SMILES string of the molecule is CC(=O)N1CC[N+](=C2C=CC(=C/C=C3\C=C(c4ccc(F)cc4)C=C(c4ccc(F)cc4)O3)C=C2)CC1.F[B-](F)(F)F. The van der Waals surface area contributed by atoms with Crippen LogP contribution in [0.2, 0.25) is 0 Å². The van der Waals surface area contributed by atoms with Crippen LogP contribution in [0.1, 0.15) is 18.1 Å². The smallest absolute Gasteiger partial charge is 0.457 e. The van der Waals surface area contributed by atoms with E-state index in [1.165, 1.54) is 24.3 Å². The number of amides is 1. The van der Waals surface area contributed by atoms with Gasteiger partial charge in [-0.3, -0.25) is 4.79 Å². The van der Waals surface area contributed by atoms with Crippen molar-refractivity contribution in [2.45, 2.75) is 6.92 Å². The van der Waals surface area contributed by atoms with Gasteiger partial charge in [-0.05, 0) is 83.5 Å². The molecule has 0 saturated carbocycles. The molecule has 0 N–H and O–H groups in total. The van der Waals surface area contributed by atoms with E-state index in [4.69, 9.17) is 4.74 Å². The van der Waals surface area contributed by atoms with Gasteiger partial charge in [-0.25, -0.2) is 13.4 Å². The van der Waals surface area contributed by atoms with Crippen molar-refractivity contribution in [1.82, 2.24) is 4.90 Å². The highest BCUT2D eigenvalue weighted by Crippen LogP contribution is 2.32. The van der Waals surface area contributed by atoms with Gasteiger partial charge in [-0.2, -0.15) is 0 Å². The molecule has 1 fully saturated rings. The van der Waals surface area contributed by atoms with Crippen LogP contribution in [0.3, 0.4) is 0 Å². The molecule has 0 unspecified atom stereocenters. The molecule has 0 spiro atoms. The number of rotatable bonds is 3. The highest BCUT2D eigenvalue weighted by molar-refractivity contribution is 6.50. The van der Waals surface area contributed by atoms with Crippen molar-refractivity contribution in [2.75, 3.05) is 26.2 Å². The summed E-state index contributed by atoms with van der Waals surface area (Å²) in [4.78, 5) is 13.4. The van der Waals surface area contributed by atoms with Crippen molar-refractivity contribution < 1.29 is 40.2 Å². The highest BCUT2D eigenvalue weighted by Gasteiger charge is 2.23. The average Bonchev–Trinajstić information content (AvgIpc) is 2.96. The molecule has 0 atom stereocenters. The Kier molecular flexibility index (Phi) is 9.72. The molecule has 1 saturated heterocycles. The summed E-state index contributed by atoms with van der Waals surface area (Å²) in [6.07, 6.45) is 15.9. The van der Waals surface area contributed by atoms with Gasteiger partial charge in [0.15, 0.2) is 18.8 Å². The van der Waals surface area contributed by atoms with E-state index in [1.54, 1.807) is 31.2 Å². The van der Waals surface area contributed by atoms with Crippen molar-refractivity contribution in [1.29, 1.82) is 0 Å². The molecule has 2 heterocycles. The topological polar surface area (TPSA) is 32.5 Å². The molecule has 42 heavy (non-hydrogen) atoms. The molecule has 11 heteroatoms. The number of piperazine rings is 1. The number of benzene rings is 2. The van der Waals surface area contributed by atoms with Gasteiger partial charge >= 0.3 is 7.25 Å². The van der Waals surface area contributed by atoms with Crippen molar-refractivity contribution in [3.05, 3.63) is 131 Å². The number of carbonyl (C=O) groups is 1. The fourth-order valence-corrected chi connectivity index (χ4v) is 4.42. The Balaban J connectivity index is 0.000000748. The van der Waals surface area contributed by atoms with Crippen LogP contribution in [0.5, 0.6) is 0 Å². The van der Waals surface area contributed by atoms with Crippen molar-refractivity contribution >= 4 is 30.2 Å². The molecule has 1 aliphatic carbocycles. The van der Waals surface area contributed by atoms with E-state index in [1.807, 2.05) is 41.4 Å². The molecule has 4 nitrogen and oxygen atoms in total. The van der Waals surface area contributed by atoms with Gasteiger partial charge in [0.1, 0.15) is 23.2 Å². The van der Waals surface area contributed by atoms with Crippen LogP contribution in [0.25, 0.3) is 11.3 Å². The molecule has 5 rings (SSSR count). The number of nitrogens with zero attached hydrogens (tertiary/aromatic N) is 2. The quantitative estimate of drug-likeness (QED) is 0.222. The number of allylic oxidation sites excluding steroid dienone is 10. The number of halogens is 6. The molecule has 2 aromatic rings. The normalized spacial score (nSPS) is 17.7. The van der Waals surface area contributed by atoms with E-state index in [9.17, 15) is 30.8 Å². The number of carbonyl (C=O) groups excluding carboxylic acids is 1. The van der Waals surface area contributed by atoms with Gasteiger partial charge < -0.3 is 26.9 Å². The Morgan fingerprint density at radius 2 is 1.33 bits per heavy atom. The van der Waals surface area contributed by atoms with Crippen LogP contribution in [-0.2, 0) is 9.53 Å². The number of hydrogen-bond acceptors (Lipinski definition) is 2. The predicted molar refractivity (Wildman–Crippen MR) is 152 cm³/mol. The summed E-state index contributed by atoms with van der Waals surface area (Å²) in [6, 6.07) is 12.4.